The fourth-order valence-corrected chi connectivity index (χ4v) is 5.65. The molecule has 0 unspecified atom stereocenters. The van der Waals surface area contributed by atoms with Crippen molar-refractivity contribution < 1.29 is 34.1 Å². The summed E-state index contributed by atoms with van der Waals surface area (Å²) in [5.74, 6) is -1.78. The highest BCUT2D eigenvalue weighted by Crippen LogP contribution is 2.35. The molecule has 4 aromatic carbocycles. The molecule has 0 saturated carbocycles. The highest BCUT2D eigenvalue weighted by atomic mass is 35.5. The van der Waals surface area contributed by atoms with E-state index in [0.29, 0.717) is 74.5 Å². The lowest BCUT2D eigenvalue weighted by Gasteiger charge is -2.27. The Kier molecular flexibility index (Phi) is 12.0. The van der Waals surface area contributed by atoms with E-state index in [2.05, 4.69) is 4.74 Å². The number of aliphatic hydroxyl groups excluding tert-OH is 2. The Hall–Kier alpha value is -3.86. The van der Waals surface area contributed by atoms with E-state index in [1.807, 2.05) is 6.07 Å². The molecule has 0 atom stereocenters. The summed E-state index contributed by atoms with van der Waals surface area (Å²) in [5, 5.41) is 20.8. The number of esters is 2. The summed E-state index contributed by atoms with van der Waals surface area (Å²) in [6.07, 6.45) is 5.16. The van der Waals surface area contributed by atoms with Gasteiger partial charge < -0.3 is 20.7 Å². The van der Waals surface area contributed by atoms with Crippen molar-refractivity contribution in [2.24, 2.45) is 5.73 Å². The maximum atomic E-state index is 12.6. The van der Waals surface area contributed by atoms with E-state index < -0.39 is 11.9 Å². The van der Waals surface area contributed by atoms with Gasteiger partial charge in [0.1, 0.15) is 0 Å². The van der Waals surface area contributed by atoms with Crippen molar-refractivity contribution in [3.8, 4) is 0 Å². The Morgan fingerprint density at radius 2 is 1.07 bits per heavy atom. The molecule has 0 aromatic heterocycles. The van der Waals surface area contributed by atoms with Gasteiger partial charge in [0.15, 0.2) is 0 Å². The Balaban J connectivity index is 0.000000175. The van der Waals surface area contributed by atoms with Crippen molar-refractivity contribution in [1.82, 2.24) is 4.90 Å². The maximum absolute atomic E-state index is 12.6. The molecule has 0 aliphatic carbocycles. The Labute approximate surface area is 270 Å². The molecule has 45 heavy (non-hydrogen) atoms. The third-order valence-electron chi connectivity index (χ3n) is 7.45. The van der Waals surface area contributed by atoms with E-state index in [9.17, 15) is 19.2 Å². The Morgan fingerprint density at radius 1 is 0.600 bits per heavy atom. The third kappa shape index (κ3) is 7.52. The van der Waals surface area contributed by atoms with E-state index in [1.54, 1.807) is 54.6 Å². The zero-order valence-corrected chi connectivity index (χ0v) is 26.1. The molecule has 2 aliphatic heterocycles. The standard InChI is InChI=1S/C17H16ClNO3.C12H5ClO3.C5H13NO/c18-14-8-7-13-15-11(14)5-4-6-12(15)16(21)19(17(13)22)9-2-1-3-10-20;13-9-5-4-8-10-6(9)2-1-3-7(10)11(14)16-12(8)15;6-4-2-1-3-5-7/h4-8,20H,1-3,9-10H2;1-5H;7H,1-6H2. The number of nitrogens with zero attached hydrogens (tertiary/aromatic N) is 1. The minimum Gasteiger partial charge on any atom is -0.396 e. The quantitative estimate of drug-likeness (QED) is 0.0842. The summed E-state index contributed by atoms with van der Waals surface area (Å²) in [7, 11) is 0. The Bertz CT molecular complexity index is 1690. The molecule has 9 nitrogen and oxygen atoms in total. The zero-order valence-electron chi connectivity index (χ0n) is 24.6. The first-order chi connectivity index (χ1) is 21.7. The van der Waals surface area contributed by atoms with E-state index in [-0.39, 0.29) is 18.4 Å². The second kappa shape index (κ2) is 15.9. The van der Waals surface area contributed by atoms with Gasteiger partial charge in [-0.1, -0.05) is 47.5 Å². The minimum atomic E-state index is -0.620. The van der Waals surface area contributed by atoms with Crippen molar-refractivity contribution in [2.75, 3.05) is 26.3 Å². The van der Waals surface area contributed by atoms with E-state index in [4.69, 9.17) is 39.1 Å². The fraction of sp³-hybridized carbons (Fsp3) is 0.294. The van der Waals surface area contributed by atoms with E-state index in [1.165, 1.54) is 4.90 Å². The van der Waals surface area contributed by atoms with Gasteiger partial charge in [-0.3, -0.25) is 14.5 Å². The largest absolute Gasteiger partial charge is 0.396 e. The smallest absolute Gasteiger partial charge is 0.346 e. The van der Waals surface area contributed by atoms with Crippen LogP contribution in [0.1, 0.15) is 80.0 Å². The lowest BCUT2D eigenvalue weighted by molar-refractivity contribution is 0.0390. The molecule has 2 heterocycles. The van der Waals surface area contributed by atoms with Crippen molar-refractivity contribution in [3.63, 3.8) is 0 Å². The van der Waals surface area contributed by atoms with Gasteiger partial charge in [-0.2, -0.15) is 0 Å². The summed E-state index contributed by atoms with van der Waals surface area (Å²) in [6.45, 7) is 1.55. The van der Waals surface area contributed by atoms with Gasteiger partial charge >= 0.3 is 11.9 Å². The van der Waals surface area contributed by atoms with Gasteiger partial charge in [0, 0.05) is 62.5 Å². The van der Waals surface area contributed by atoms with Gasteiger partial charge in [0.05, 0.1) is 11.1 Å². The summed E-state index contributed by atoms with van der Waals surface area (Å²) < 4.78 is 4.62. The number of ether oxygens (including phenoxy) is 1. The van der Waals surface area contributed by atoms with Gasteiger partial charge in [-0.15, -0.1) is 0 Å². The number of hydrogen-bond acceptors (Lipinski definition) is 8. The number of cyclic esters (lactones) is 2. The molecule has 4 N–H and O–H groups in total. The van der Waals surface area contributed by atoms with Crippen LogP contribution in [0.15, 0.2) is 60.7 Å². The minimum absolute atomic E-state index is 0.128. The van der Waals surface area contributed by atoms with Gasteiger partial charge in [-0.05, 0) is 81.5 Å². The monoisotopic (exact) mass is 652 g/mol. The van der Waals surface area contributed by atoms with Crippen LogP contribution in [0.3, 0.4) is 0 Å². The number of nitrogens with two attached hydrogens (primary N) is 1. The molecular formula is C34H34Cl2N2O7. The van der Waals surface area contributed by atoms with Crippen LogP contribution in [-0.2, 0) is 4.74 Å². The molecule has 11 heteroatoms. The number of unbranched alkanes of at least 4 members (excludes halogenated alkanes) is 4. The second-order valence-electron chi connectivity index (χ2n) is 10.4. The SMILES string of the molecule is NCCCCCO.O=C1OC(=O)c2ccc(Cl)c3cccc1c23.O=C1c2cccc3c(Cl)ccc(c23)C(=O)N1CCCCCO. The number of carbonyl (C=O) groups excluding carboxylic acids is 4. The van der Waals surface area contributed by atoms with Crippen LogP contribution in [0.2, 0.25) is 10.0 Å². The van der Waals surface area contributed by atoms with Crippen LogP contribution in [-0.4, -0.2) is 65.2 Å². The van der Waals surface area contributed by atoms with E-state index >= 15 is 0 Å². The van der Waals surface area contributed by atoms with Crippen LogP contribution >= 0.6 is 23.2 Å². The molecule has 0 saturated heterocycles. The zero-order chi connectivity index (χ0) is 32.5. The topological polar surface area (TPSA) is 147 Å². The number of carbonyl (C=O) groups is 4. The lowest BCUT2D eigenvalue weighted by Crippen LogP contribution is -2.40. The van der Waals surface area contributed by atoms with Crippen molar-refractivity contribution in [3.05, 3.63) is 93.0 Å². The number of aliphatic hydroxyl groups is 2. The molecule has 0 spiro atoms. The van der Waals surface area contributed by atoms with Gasteiger partial charge in [0.2, 0.25) is 0 Å². The summed E-state index contributed by atoms with van der Waals surface area (Å²) in [5.41, 5.74) is 7.00. The van der Waals surface area contributed by atoms with E-state index in [0.717, 1.165) is 37.6 Å². The van der Waals surface area contributed by atoms with Gasteiger partial charge in [-0.25, -0.2) is 9.59 Å². The third-order valence-corrected chi connectivity index (χ3v) is 8.11. The van der Waals surface area contributed by atoms with Crippen LogP contribution in [0, 0.1) is 0 Å². The predicted octanol–water partition coefficient (Wildman–Crippen LogP) is 6.16. The number of hydrogen-bond donors (Lipinski definition) is 3. The number of rotatable bonds is 9. The molecule has 0 bridgehead atoms. The second-order valence-corrected chi connectivity index (χ2v) is 11.3. The highest BCUT2D eigenvalue weighted by Gasteiger charge is 2.32. The first kappa shape index (κ1) is 34.0. The summed E-state index contributed by atoms with van der Waals surface area (Å²) >= 11 is 12.2. The Morgan fingerprint density at radius 3 is 1.62 bits per heavy atom. The first-order valence-corrected chi connectivity index (χ1v) is 15.5. The predicted molar refractivity (Wildman–Crippen MR) is 174 cm³/mol. The highest BCUT2D eigenvalue weighted by molar-refractivity contribution is 6.38. The molecule has 236 valence electrons. The fourth-order valence-electron chi connectivity index (χ4n) is 5.21. The molecule has 2 aliphatic rings. The number of benzene rings is 4. The first-order valence-electron chi connectivity index (χ1n) is 14.7. The van der Waals surface area contributed by atoms with Crippen molar-refractivity contribution in [2.45, 2.75) is 38.5 Å². The van der Waals surface area contributed by atoms with Crippen LogP contribution < -0.4 is 5.73 Å². The molecular weight excluding hydrogens is 619 g/mol. The lowest BCUT2D eigenvalue weighted by atomic mass is 9.94. The number of imide groups is 1. The van der Waals surface area contributed by atoms with Crippen molar-refractivity contribution in [1.29, 1.82) is 0 Å². The molecule has 0 fully saturated rings. The maximum Gasteiger partial charge on any atom is 0.346 e. The van der Waals surface area contributed by atoms with Crippen LogP contribution in [0.4, 0.5) is 0 Å². The molecule has 0 radical (unpaired) electrons. The summed E-state index contributed by atoms with van der Waals surface area (Å²) in [6, 6.07) is 17.0. The van der Waals surface area contributed by atoms with Crippen LogP contribution in [0.25, 0.3) is 21.5 Å². The summed E-state index contributed by atoms with van der Waals surface area (Å²) in [4.78, 5) is 49.5. The average Bonchev–Trinajstić information content (AvgIpc) is 3.04. The molecule has 4 aromatic rings. The van der Waals surface area contributed by atoms with Gasteiger partial charge in [0.25, 0.3) is 11.8 Å². The molecule has 6 rings (SSSR count). The normalized spacial score (nSPS) is 13.3. The van der Waals surface area contributed by atoms with Crippen molar-refractivity contribution >= 4 is 68.5 Å². The molecule has 2 amide bonds. The van der Waals surface area contributed by atoms with Crippen LogP contribution in [0.5, 0.6) is 0 Å². The number of halogens is 2. The number of amides is 2. The average molecular weight is 654 g/mol.